The summed E-state index contributed by atoms with van der Waals surface area (Å²) in [5, 5.41) is 8.57. The van der Waals surface area contributed by atoms with Crippen LogP contribution in [0, 0.1) is 6.92 Å². The molecule has 0 saturated heterocycles. The van der Waals surface area contributed by atoms with Crippen molar-refractivity contribution in [1.82, 2.24) is 4.90 Å². The minimum Gasteiger partial charge on any atom is -0.480 e. The first-order valence-corrected chi connectivity index (χ1v) is 5.79. The Labute approximate surface area is 113 Å². The van der Waals surface area contributed by atoms with E-state index in [1.165, 1.54) is 0 Å². The van der Waals surface area contributed by atoms with Gasteiger partial charge in [-0.1, -0.05) is 29.8 Å². The highest BCUT2D eigenvalue weighted by Gasteiger charge is 2.33. The van der Waals surface area contributed by atoms with E-state index in [0.717, 1.165) is 5.56 Å². The molecule has 0 atom stereocenters. The maximum Gasteiger partial charge on any atom is 0.406 e. The summed E-state index contributed by atoms with van der Waals surface area (Å²) in [6, 6.07) is 6.71. The Balaban J connectivity index is 2.76. The predicted octanol–water partition coefficient (Wildman–Crippen LogP) is 2.01. The Hall–Kier alpha value is -2.05. The van der Waals surface area contributed by atoms with Crippen LogP contribution in [-0.4, -0.2) is 41.1 Å². The fourth-order valence-electron chi connectivity index (χ4n) is 1.60. The fourth-order valence-corrected chi connectivity index (χ4v) is 1.60. The lowest BCUT2D eigenvalue weighted by Crippen LogP contribution is -2.42. The average Bonchev–Trinajstić information content (AvgIpc) is 2.29. The number of aryl methyl sites for hydroxylation is 1. The minimum atomic E-state index is -4.63. The summed E-state index contributed by atoms with van der Waals surface area (Å²) in [4.78, 5) is 22.6. The van der Waals surface area contributed by atoms with Crippen molar-refractivity contribution in [2.45, 2.75) is 19.5 Å². The molecule has 0 saturated carbocycles. The SMILES string of the molecule is Cc1ccc(CC(=O)N(CC(=O)O)CC(F)(F)F)cc1. The number of alkyl halides is 3. The number of amides is 1. The summed E-state index contributed by atoms with van der Waals surface area (Å²) in [7, 11) is 0. The van der Waals surface area contributed by atoms with E-state index in [9.17, 15) is 22.8 Å². The number of hydrogen-bond donors (Lipinski definition) is 1. The van der Waals surface area contributed by atoms with Gasteiger partial charge in [-0.15, -0.1) is 0 Å². The lowest BCUT2D eigenvalue weighted by Gasteiger charge is -2.22. The number of benzene rings is 1. The van der Waals surface area contributed by atoms with Crippen molar-refractivity contribution in [3.63, 3.8) is 0 Å². The molecule has 1 N–H and O–H groups in total. The van der Waals surface area contributed by atoms with E-state index in [1.807, 2.05) is 6.92 Å². The van der Waals surface area contributed by atoms with Crippen LogP contribution in [0.25, 0.3) is 0 Å². The quantitative estimate of drug-likeness (QED) is 0.902. The zero-order valence-corrected chi connectivity index (χ0v) is 10.8. The normalized spacial score (nSPS) is 11.2. The molecule has 0 bridgehead atoms. The summed E-state index contributed by atoms with van der Waals surface area (Å²) in [5.41, 5.74) is 1.50. The Morgan fingerprint density at radius 3 is 2.20 bits per heavy atom. The molecule has 0 aliphatic carbocycles. The van der Waals surface area contributed by atoms with Crippen LogP contribution in [0.1, 0.15) is 11.1 Å². The van der Waals surface area contributed by atoms with Gasteiger partial charge in [-0.3, -0.25) is 9.59 Å². The van der Waals surface area contributed by atoms with Crippen LogP contribution in [0.15, 0.2) is 24.3 Å². The third kappa shape index (κ3) is 5.73. The van der Waals surface area contributed by atoms with E-state index in [-0.39, 0.29) is 6.42 Å². The van der Waals surface area contributed by atoms with Gasteiger partial charge in [-0.05, 0) is 12.5 Å². The van der Waals surface area contributed by atoms with Crippen molar-refractivity contribution in [2.24, 2.45) is 0 Å². The van der Waals surface area contributed by atoms with E-state index in [2.05, 4.69) is 0 Å². The highest BCUT2D eigenvalue weighted by Crippen LogP contribution is 2.17. The van der Waals surface area contributed by atoms with Crippen molar-refractivity contribution in [1.29, 1.82) is 0 Å². The summed E-state index contributed by atoms with van der Waals surface area (Å²) >= 11 is 0. The molecule has 0 aliphatic rings. The molecule has 1 rings (SSSR count). The molecule has 1 amide bonds. The number of rotatable bonds is 5. The highest BCUT2D eigenvalue weighted by molar-refractivity contribution is 5.83. The fraction of sp³-hybridized carbons (Fsp3) is 0.385. The van der Waals surface area contributed by atoms with E-state index < -0.39 is 31.1 Å². The third-order valence-corrected chi connectivity index (χ3v) is 2.52. The van der Waals surface area contributed by atoms with Gasteiger partial charge in [0.1, 0.15) is 13.1 Å². The Bertz CT molecular complexity index is 483. The Kier molecular flexibility index (Phi) is 5.12. The lowest BCUT2D eigenvalue weighted by atomic mass is 10.1. The number of carbonyl (C=O) groups excluding carboxylic acids is 1. The molecular formula is C13H14F3NO3. The molecule has 0 unspecified atom stereocenters. The van der Waals surface area contributed by atoms with Crippen molar-refractivity contribution in [3.8, 4) is 0 Å². The van der Waals surface area contributed by atoms with Gasteiger partial charge in [0, 0.05) is 0 Å². The Morgan fingerprint density at radius 2 is 1.75 bits per heavy atom. The zero-order valence-electron chi connectivity index (χ0n) is 10.8. The topological polar surface area (TPSA) is 57.6 Å². The molecule has 110 valence electrons. The van der Waals surface area contributed by atoms with Gasteiger partial charge in [0.15, 0.2) is 0 Å². The van der Waals surface area contributed by atoms with Gasteiger partial charge in [-0.2, -0.15) is 13.2 Å². The number of hydrogen-bond acceptors (Lipinski definition) is 2. The highest BCUT2D eigenvalue weighted by atomic mass is 19.4. The number of aliphatic carboxylic acids is 1. The summed E-state index contributed by atoms with van der Waals surface area (Å²) in [6.45, 7) is -0.694. The number of carboxylic acids is 1. The summed E-state index contributed by atoms with van der Waals surface area (Å²) in [6.07, 6.45) is -4.89. The maximum atomic E-state index is 12.3. The smallest absolute Gasteiger partial charge is 0.406 e. The molecule has 0 spiro atoms. The van der Waals surface area contributed by atoms with Crippen LogP contribution < -0.4 is 0 Å². The van der Waals surface area contributed by atoms with Gasteiger partial charge in [0.05, 0.1) is 6.42 Å². The number of nitrogens with zero attached hydrogens (tertiary/aromatic N) is 1. The first kappa shape index (κ1) is 16.0. The minimum absolute atomic E-state index is 0.260. The second-order valence-corrected chi connectivity index (χ2v) is 4.42. The number of carbonyl (C=O) groups is 2. The van der Waals surface area contributed by atoms with Crippen LogP contribution >= 0.6 is 0 Å². The van der Waals surface area contributed by atoms with E-state index in [4.69, 9.17) is 5.11 Å². The van der Waals surface area contributed by atoms with Crippen molar-refractivity contribution < 1.29 is 27.9 Å². The molecule has 0 heterocycles. The first-order chi connectivity index (χ1) is 9.17. The molecule has 7 heteroatoms. The monoisotopic (exact) mass is 289 g/mol. The molecule has 1 aromatic carbocycles. The molecule has 1 aromatic rings. The molecule has 0 aromatic heterocycles. The van der Waals surface area contributed by atoms with Gasteiger partial charge >= 0.3 is 12.1 Å². The van der Waals surface area contributed by atoms with Crippen LogP contribution in [0.4, 0.5) is 13.2 Å². The van der Waals surface area contributed by atoms with Gasteiger partial charge in [-0.25, -0.2) is 0 Å². The zero-order chi connectivity index (χ0) is 15.3. The van der Waals surface area contributed by atoms with E-state index >= 15 is 0 Å². The summed E-state index contributed by atoms with van der Waals surface area (Å²) < 4.78 is 37.0. The van der Waals surface area contributed by atoms with Crippen LogP contribution in [0.5, 0.6) is 0 Å². The van der Waals surface area contributed by atoms with Gasteiger partial charge < -0.3 is 10.0 Å². The van der Waals surface area contributed by atoms with E-state index in [0.29, 0.717) is 10.5 Å². The molecule has 0 aliphatic heterocycles. The molecule has 4 nitrogen and oxygen atoms in total. The summed E-state index contributed by atoms with van der Waals surface area (Å²) in [5.74, 6) is -2.35. The van der Waals surface area contributed by atoms with Crippen molar-refractivity contribution in [2.75, 3.05) is 13.1 Å². The van der Waals surface area contributed by atoms with Crippen LogP contribution in [-0.2, 0) is 16.0 Å². The largest absolute Gasteiger partial charge is 0.480 e. The van der Waals surface area contributed by atoms with Crippen LogP contribution in [0.3, 0.4) is 0 Å². The maximum absolute atomic E-state index is 12.3. The average molecular weight is 289 g/mol. The number of carboxylic acid groups (broad SMARTS) is 1. The van der Waals surface area contributed by atoms with Gasteiger partial charge in [0.25, 0.3) is 0 Å². The standard InChI is InChI=1S/C13H14F3NO3/c1-9-2-4-10(5-3-9)6-11(18)17(7-12(19)20)8-13(14,15)16/h2-5H,6-8H2,1H3,(H,19,20). The molecule has 0 fully saturated rings. The molecule has 20 heavy (non-hydrogen) atoms. The first-order valence-electron chi connectivity index (χ1n) is 5.79. The predicted molar refractivity (Wildman–Crippen MR) is 65.2 cm³/mol. The van der Waals surface area contributed by atoms with Gasteiger partial charge in [0.2, 0.25) is 5.91 Å². The number of halogens is 3. The molecule has 0 radical (unpaired) electrons. The van der Waals surface area contributed by atoms with Crippen molar-refractivity contribution in [3.05, 3.63) is 35.4 Å². The third-order valence-electron chi connectivity index (χ3n) is 2.52. The molecular weight excluding hydrogens is 275 g/mol. The lowest BCUT2D eigenvalue weighted by molar-refractivity contribution is -0.165. The second-order valence-electron chi connectivity index (χ2n) is 4.42. The second kappa shape index (κ2) is 6.40. The Morgan fingerprint density at radius 1 is 1.20 bits per heavy atom. The van der Waals surface area contributed by atoms with Crippen molar-refractivity contribution >= 4 is 11.9 Å². The van der Waals surface area contributed by atoms with E-state index in [1.54, 1.807) is 24.3 Å². The van der Waals surface area contributed by atoms with Crippen LogP contribution in [0.2, 0.25) is 0 Å².